The second-order valence-corrected chi connectivity index (χ2v) is 5.48. The van der Waals surface area contributed by atoms with Gasteiger partial charge in [-0.1, -0.05) is 60.7 Å². The van der Waals surface area contributed by atoms with Crippen molar-refractivity contribution < 1.29 is 14.4 Å². The fraction of sp³-hybridized carbons (Fsp3) is 0.167. The highest BCUT2D eigenvalue weighted by Gasteiger charge is 2.60. The summed E-state index contributed by atoms with van der Waals surface area (Å²) in [7, 11) is 2.88. The van der Waals surface area contributed by atoms with Crippen LogP contribution < -0.4 is 0 Å². The van der Waals surface area contributed by atoms with E-state index in [0.717, 1.165) is 4.90 Å². The first-order valence-corrected chi connectivity index (χ1v) is 7.22. The predicted molar refractivity (Wildman–Crippen MR) is 84.8 cm³/mol. The van der Waals surface area contributed by atoms with Crippen molar-refractivity contribution in [2.45, 2.75) is 5.54 Å². The van der Waals surface area contributed by atoms with E-state index < -0.39 is 23.3 Å². The van der Waals surface area contributed by atoms with Crippen molar-refractivity contribution in [3.05, 3.63) is 71.8 Å². The highest BCUT2D eigenvalue weighted by atomic mass is 16.2. The number of carbonyl (C=O) groups is 3. The molecule has 1 saturated heterocycles. The smallest absolute Gasteiger partial charge is 0.302 e. The van der Waals surface area contributed by atoms with Gasteiger partial charge in [0.15, 0.2) is 0 Å². The molecule has 0 aliphatic carbocycles. The van der Waals surface area contributed by atoms with Crippen LogP contribution in [-0.2, 0) is 10.3 Å². The molecular formula is C18H16N2O3. The largest absolute Gasteiger partial charge is 0.327 e. The van der Waals surface area contributed by atoms with E-state index >= 15 is 0 Å². The van der Waals surface area contributed by atoms with Crippen molar-refractivity contribution in [2.75, 3.05) is 14.1 Å². The zero-order valence-corrected chi connectivity index (χ0v) is 12.9. The van der Waals surface area contributed by atoms with Crippen LogP contribution in [0.3, 0.4) is 0 Å². The fourth-order valence-electron chi connectivity index (χ4n) is 3.02. The summed E-state index contributed by atoms with van der Waals surface area (Å²) in [5.41, 5.74) is -0.784. The summed E-state index contributed by atoms with van der Waals surface area (Å²) in [5, 5.41) is 0. The molecule has 0 N–H and O–H groups in total. The van der Waals surface area contributed by atoms with Gasteiger partial charge in [0, 0.05) is 19.7 Å². The van der Waals surface area contributed by atoms with E-state index in [-0.39, 0.29) is 0 Å². The van der Waals surface area contributed by atoms with Gasteiger partial charge >= 0.3 is 6.03 Å². The lowest BCUT2D eigenvalue weighted by Crippen LogP contribution is -2.51. The van der Waals surface area contributed by atoms with Gasteiger partial charge in [-0.3, -0.25) is 14.5 Å². The summed E-state index contributed by atoms with van der Waals surface area (Å²) in [5.74, 6) is -0.945. The highest BCUT2D eigenvalue weighted by Crippen LogP contribution is 2.38. The first kappa shape index (κ1) is 15.0. The maximum absolute atomic E-state index is 13.2. The van der Waals surface area contributed by atoms with Gasteiger partial charge in [-0.05, 0) is 5.56 Å². The lowest BCUT2D eigenvalue weighted by molar-refractivity contribution is -0.130. The molecule has 1 atom stereocenters. The van der Waals surface area contributed by atoms with Crippen molar-refractivity contribution in [1.82, 2.24) is 9.80 Å². The third-order valence-corrected chi connectivity index (χ3v) is 4.25. The Morgan fingerprint density at radius 1 is 0.870 bits per heavy atom. The molecule has 23 heavy (non-hydrogen) atoms. The van der Waals surface area contributed by atoms with Crippen LogP contribution in [0.1, 0.15) is 15.9 Å². The molecule has 0 aromatic heterocycles. The first-order valence-electron chi connectivity index (χ1n) is 7.22. The molecule has 1 fully saturated rings. The Morgan fingerprint density at radius 3 is 1.87 bits per heavy atom. The number of hydrogen-bond acceptors (Lipinski definition) is 3. The Morgan fingerprint density at radius 2 is 1.39 bits per heavy atom. The zero-order valence-electron chi connectivity index (χ0n) is 12.9. The first-order chi connectivity index (χ1) is 11.0. The standard InChI is InChI=1S/C18H16N2O3/c1-19-16(22)18(20(2)17(19)23,14-11-7-4-8-12-14)15(21)13-9-5-3-6-10-13/h3-12H,1-2H3. The van der Waals surface area contributed by atoms with Crippen LogP contribution in [0.15, 0.2) is 60.7 Å². The Labute approximate surface area is 134 Å². The summed E-state index contributed by atoms with van der Waals surface area (Å²) in [6.45, 7) is 0. The molecule has 5 heteroatoms. The van der Waals surface area contributed by atoms with Crippen LogP contribution >= 0.6 is 0 Å². The van der Waals surface area contributed by atoms with Crippen molar-refractivity contribution in [2.24, 2.45) is 0 Å². The number of nitrogens with zero attached hydrogens (tertiary/aromatic N) is 2. The minimum Gasteiger partial charge on any atom is -0.302 e. The molecule has 3 rings (SSSR count). The van der Waals surface area contributed by atoms with Crippen LogP contribution in [0.2, 0.25) is 0 Å². The van der Waals surface area contributed by atoms with Gasteiger partial charge in [-0.15, -0.1) is 0 Å². The fourth-order valence-corrected chi connectivity index (χ4v) is 3.02. The monoisotopic (exact) mass is 308 g/mol. The summed E-state index contributed by atoms with van der Waals surface area (Å²) in [4.78, 5) is 40.7. The number of rotatable bonds is 3. The van der Waals surface area contributed by atoms with E-state index in [9.17, 15) is 14.4 Å². The molecule has 0 spiro atoms. The zero-order chi connectivity index (χ0) is 16.6. The minimum atomic E-state index is -1.66. The molecule has 2 aromatic rings. The second-order valence-electron chi connectivity index (χ2n) is 5.48. The second kappa shape index (κ2) is 5.35. The third kappa shape index (κ3) is 1.97. The van der Waals surface area contributed by atoms with Crippen LogP contribution in [0.4, 0.5) is 4.79 Å². The number of benzene rings is 2. The number of urea groups is 1. The van der Waals surface area contributed by atoms with Gasteiger partial charge in [0.1, 0.15) is 0 Å². The summed E-state index contributed by atoms with van der Waals surface area (Å²) in [6, 6.07) is 16.8. The van der Waals surface area contributed by atoms with E-state index in [1.807, 2.05) is 0 Å². The molecule has 0 radical (unpaired) electrons. The van der Waals surface area contributed by atoms with E-state index in [2.05, 4.69) is 0 Å². The molecule has 116 valence electrons. The van der Waals surface area contributed by atoms with Gasteiger partial charge in [0.05, 0.1) is 0 Å². The maximum Gasteiger partial charge on any atom is 0.327 e. The molecule has 0 saturated carbocycles. The molecular weight excluding hydrogens is 292 g/mol. The summed E-state index contributed by atoms with van der Waals surface area (Å²) < 4.78 is 0. The number of carbonyl (C=O) groups excluding carboxylic acids is 3. The topological polar surface area (TPSA) is 57.7 Å². The Kier molecular flexibility index (Phi) is 3.48. The van der Waals surface area contributed by atoms with E-state index in [1.165, 1.54) is 19.0 Å². The van der Waals surface area contributed by atoms with E-state index in [1.54, 1.807) is 60.7 Å². The number of hydrogen-bond donors (Lipinski definition) is 0. The molecule has 1 aliphatic heterocycles. The molecule has 1 heterocycles. The van der Waals surface area contributed by atoms with Crippen molar-refractivity contribution >= 4 is 17.7 Å². The quantitative estimate of drug-likeness (QED) is 0.496. The van der Waals surface area contributed by atoms with Crippen molar-refractivity contribution in [3.8, 4) is 0 Å². The third-order valence-electron chi connectivity index (χ3n) is 4.25. The number of imide groups is 1. The van der Waals surface area contributed by atoms with Crippen LogP contribution in [0, 0.1) is 0 Å². The molecule has 0 bridgehead atoms. The Balaban J connectivity index is 2.26. The van der Waals surface area contributed by atoms with Crippen molar-refractivity contribution in [1.29, 1.82) is 0 Å². The maximum atomic E-state index is 13.2. The van der Waals surface area contributed by atoms with Gasteiger partial charge in [0.2, 0.25) is 11.3 Å². The lowest BCUT2D eigenvalue weighted by atomic mass is 9.81. The van der Waals surface area contributed by atoms with Gasteiger partial charge in [0.25, 0.3) is 5.91 Å². The molecule has 3 amide bonds. The van der Waals surface area contributed by atoms with Gasteiger partial charge in [-0.25, -0.2) is 4.79 Å². The SMILES string of the molecule is CN1C(=O)N(C)C(C(=O)c2ccccc2)(c2ccccc2)C1=O. The van der Waals surface area contributed by atoms with E-state index in [0.29, 0.717) is 11.1 Å². The van der Waals surface area contributed by atoms with Crippen LogP contribution in [0.25, 0.3) is 0 Å². The van der Waals surface area contributed by atoms with Crippen LogP contribution in [0.5, 0.6) is 0 Å². The summed E-state index contributed by atoms with van der Waals surface area (Å²) >= 11 is 0. The summed E-state index contributed by atoms with van der Waals surface area (Å²) in [6.07, 6.45) is 0. The van der Waals surface area contributed by atoms with Gasteiger partial charge < -0.3 is 4.90 Å². The average Bonchev–Trinajstić information content (AvgIpc) is 2.78. The Bertz CT molecular complexity index is 773. The molecule has 5 nitrogen and oxygen atoms in total. The van der Waals surface area contributed by atoms with Crippen molar-refractivity contribution in [3.63, 3.8) is 0 Å². The highest BCUT2D eigenvalue weighted by molar-refractivity contribution is 6.25. The Hall–Kier alpha value is -2.95. The van der Waals surface area contributed by atoms with Crippen LogP contribution in [-0.4, -0.2) is 41.6 Å². The number of likely N-dealkylation sites (N-methyl/N-ethyl adjacent to an activating group) is 2. The normalized spacial score (nSPS) is 21.0. The predicted octanol–water partition coefficient (Wildman–Crippen LogP) is 2.29. The molecule has 1 unspecified atom stereocenters. The lowest BCUT2D eigenvalue weighted by Gasteiger charge is -2.31. The van der Waals surface area contributed by atoms with Gasteiger partial charge in [-0.2, -0.15) is 0 Å². The average molecular weight is 308 g/mol. The number of ketones is 1. The molecule has 1 aliphatic rings. The minimum absolute atomic E-state index is 0.389. The van der Waals surface area contributed by atoms with E-state index in [4.69, 9.17) is 0 Å². The number of amides is 3. The number of Topliss-reactive ketones (excluding diaryl/α,β-unsaturated/α-hetero) is 1. The molecule has 2 aromatic carbocycles.